The second-order valence-electron chi connectivity index (χ2n) is 5.31. The van der Waals surface area contributed by atoms with Crippen LogP contribution in [-0.4, -0.2) is 14.9 Å². The summed E-state index contributed by atoms with van der Waals surface area (Å²) in [5.41, 5.74) is 1.53. The maximum absolute atomic E-state index is 6.19. The Kier molecular flexibility index (Phi) is 6.27. The molecule has 0 unspecified atom stereocenters. The van der Waals surface area contributed by atoms with E-state index in [0.29, 0.717) is 37.6 Å². The van der Waals surface area contributed by atoms with Crippen molar-refractivity contribution in [3.05, 3.63) is 74.3 Å². The molecular weight excluding hydrogens is 434 g/mol. The van der Waals surface area contributed by atoms with Crippen LogP contribution in [0.3, 0.4) is 0 Å². The Balaban J connectivity index is 1.64. The van der Waals surface area contributed by atoms with Gasteiger partial charge in [0.2, 0.25) is 0 Å². The maximum atomic E-state index is 6.19. The molecule has 26 heavy (non-hydrogen) atoms. The van der Waals surface area contributed by atoms with E-state index >= 15 is 0 Å². The minimum atomic E-state index is 0.379. The van der Waals surface area contributed by atoms with Crippen LogP contribution in [0.2, 0.25) is 20.1 Å². The molecule has 1 aromatic heterocycles. The highest BCUT2D eigenvalue weighted by molar-refractivity contribution is 7.80. The van der Waals surface area contributed by atoms with Crippen LogP contribution < -0.4 is 10.6 Å². The van der Waals surface area contributed by atoms with E-state index in [9.17, 15) is 0 Å². The Morgan fingerprint density at radius 2 is 1.65 bits per heavy atom. The standard InChI is InChI=1S/C17H12Cl4N4S/c18-12-2-1-3-13(19)11(12)9-25-7-6-16(24-25)23-17(26)22-10-4-5-14(20)15(21)8-10/h1-8H,9H2,(H2,22,23,24,26). The van der Waals surface area contributed by atoms with Gasteiger partial charge in [0.15, 0.2) is 10.9 Å². The maximum Gasteiger partial charge on any atom is 0.176 e. The number of hydrogen-bond acceptors (Lipinski definition) is 2. The normalized spacial score (nSPS) is 10.6. The van der Waals surface area contributed by atoms with Gasteiger partial charge in [0, 0.05) is 33.6 Å². The molecule has 0 saturated carbocycles. The third kappa shape index (κ3) is 4.81. The average Bonchev–Trinajstić information content (AvgIpc) is 3.01. The molecule has 0 amide bonds. The first-order chi connectivity index (χ1) is 12.4. The number of anilines is 2. The smallest absolute Gasteiger partial charge is 0.176 e. The van der Waals surface area contributed by atoms with Crippen LogP contribution in [-0.2, 0) is 6.54 Å². The lowest BCUT2D eigenvalue weighted by molar-refractivity contribution is 0.690. The fourth-order valence-corrected chi connectivity index (χ4v) is 3.25. The summed E-state index contributed by atoms with van der Waals surface area (Å²) in [5.74, 6) is 0.589. The van der Waals surface area contributed by atoms with Crippen molar-refractivity contribution >= 4 is 75.2 Å². The number of rotatable bonds is 4. The van der Waals surface area contributed by atoms with E-state index in [1.807, 2.05) is 6.20 Å². The van der Waals surface area contributed by atoms with Crippen LogP contribution in [0.5, 0.6) is 0 Å². The summed E-state index contributed by atoms with van der Waals surface area (Å²) in [5, 5.41) is 12.9. The van der Waals surface area contributed by atoms with Gasteiger partial charge < -0.3 is 10.6 Å². The highest BCUT2D eigenvalue weighted by atomic mass is 35.5. The molecule has 4 nitrogen and oxygen atoms in total. The third-order valence-corrected chi connectivity index (χ3v) is 5.09. The van der Waals surface area contributed by atoms with Crippen LogP contribution in [0.25, 0.3) is 0 Å². The molecule has 0 aliphatic carbocycles. The van der Waals surface area contributed by atoms with Crippen molar-refractivity contribution in [2.45, 2.75) is 6.54 Å². The van der Waals surface area contributed by atoms with Crippen molar-refractivity contribution in [2.24, 2.45) is 0 Å². The van der Waals surface area contributed by atoms with E-state index in [2.05, 4.69) is 15.7 Å². The van der Waals surface area contributed by atoms with Crippen molar-refractivity contribution in [1.82, 2.24) is 9.78 Å². The van der Waals surface area contributed by atoms with Crippen molar-refractivity contribution in [1.29, 1.82) is 0 Å². The minimum Gasteiger partial charge on any atom is -0.332 e. The van der Waals surface area contributed by atoms with Crippen LogP contribution in [0.15, 0.2) is 48.7 Å². The van der Waals surface area contributed by atoms with Gasteiger partial charge >= 0.3 is 0 Å². The zero-order valence-electron chi connectivity index (χ0n) is 13.1. The summed E-state index contributed by atoms with van der Waals surface area (Å²) in [6, 6.07) is 12.3. The largest absolute Gasteiger partial charge is 0.332 e. The molecule has 9 heteroatoms. The van der Waals surface area contributed by atoms with E-state index in [1.165, 1.54) is 0 Å². The fraction of sp³-hybridized carbons (Fsp3) is 0.0588. The van der Waals surface area contributed by atoms with Crippen molar-refractivity contribution in [3.8, 4) is 0 Å². The molecule has 0 fully saturated rings. The molecule has 3 rings (SSSR count). The molecule has 2 N–H and O–H groups in total. The number of nitrogens with one attached hydrogen (secondary N) is 2. The molecule has 0 bridgehead atoms. The van der Waals surface area contributed by atoms with Crippen molar-refractivity contribution < 1.29 is 0 Å². The lowest BCUT2D eigenvalue weighted by Crippen LogP contribution is -2.19. The van der Waals surface area contributed by atoms with Gasteiger partial charge in [-0.15, -0.1) is 0 Å². The number of aromatic nitrogens is 2. The first-order valence-electron chi connectivity index (χ1n) is 7.42. The molecule has 0 aliphatic heterocycles. The Morgan fingerprint density at radius 1 is 0.923 bits per heavy atom. The number of nitrogens with zero attached hydrogens (tertiary/aromatic N) is 2. The molecule has 134 valence electrons. The van der Waals surface area contributed by atoms with Gasteiger partial charge in [0.1, 0.15) is 0 Å². The lowest BCUT2D eigenvalue weighted by Gasteiger charge is -2.10. The Labute approximate surface area is 176 Å². The molecule has 0 atom stereocenters. The number of thiocarbonyl (C=S) groups is 1. The molecule has 0 radical (unpaired) electrons. The van der Waals surface area contributed by atoms with Crippen molar-refractivity contribution in [3.63, 3.8) is 0 Å². The first kappa shape index (κ1) is 19.3. The topological polar surface area (TPSA) is 41.9 Å². The minimum absolute atomic E-state index is 0.379. The van der Waals surface area contributed by atoms with Crippen molar-refractivity contribution in [2.75, 3.05) is 10.6 Å². The Morgan fingerprint density at radius 3 is 2.35 bits per heavy atom. The Bertz CT molecular complexity index is 937. The van der Waals surface area contributed by atoms with E-state index in [0.717, 1.165) is 11.3 Å². The highest BCUT2D eigenvalue weighted by Gasteiger charge is 2.08. The van der Waals surface area contributed by atoms with Gasteiger partial charge in [0.05, 0.1) is 16.6 Å². The molecular formula is C17H12Cl4N4S. The quantitative estimate of drug-likeness (QED) is 0.458. The van der Waals surface area contributed by atoms with Gasteiger partial charge in [0.25, 0.3) is 0 Å². The molecule has 0 spiro atoms. The SMILES string of the molecule is S=C(Nc1ccc(Cl)c(Cl)c1)Nc1ccn(Cc2c(Cl)cccc2Cl)n1. The predicted octanol–water partition coefficient (Wildman–Crippen LogP) is 6.35. The van der Waals surface area contributed by atoms with Gasteiger partial charge in [-0.25, -0.2) is 0 Å². The zero-order chi connectivity index (χ0) is 18.7. The summed E-state index contributed by atoms with van der Waals surface area (Å²) >= 11 is 29.6. The number of halogens is 4. The summed E-state index contributed by atoms with van der Waals surface area (Å²) in [6.45, 7) is 0.452. The Hall–Kier alpha value is -1.50. The van der Waals surface area contributed by atoms with E-state index in [-0.39, 0.29) is 0 Å². The monoisotopic (exact) mass is 444 g/mol. The zero-order valence-corrected chi connectivity index (χ0v) is 17.0. The van der Waals surface area contributed by atoms with Gasteiger partial charge in [-0.3, -0.25) is 4.68 Å². The summed E-state index contributed by atoms with van der Waals surface area (Å²) in [4.78, 5) is 0. The summed E-state index contributed by atoms with van der Waals surface area (Å²) < 4.78 is 1.72. The van der Waals surface area contributed by atoms with Crippen LogP contribution in [0.4, 0.5) is 11.5 Å². The molecule has 0 saturated heterocycles. The molecule has 3 aromatic rings. The lowest BCUT2D eigenvalue weighted by atomic mass is 10.2. The van der Waals surface area contributed by atoms with Gasteiger partial charge in [-0.05, 0) is 42.5 Å². The molecule has 2 aromatic carbocycles. The van der Waals surface area contributed by atoms with Crippen LogP contribution >= 0.6 is 58.6 Å². The second-order valence-corrected chi connectivity index (χ2v) is 7.34. The summed E-state index contributed by atoms with van der Waals surface area (Å²) in [6.07, 6.45) is 1.81. The predicted molar refractivity (Wildman–Crippen MR) is 114 cm³/mol. The third-order valence-electron chi connectivity index (χ3n) is 3.44. The summed E-state index contributed by atoms with van der Waals surface area (Å²) in [7, 11) is 0. The highest BCUT2D eigenvalue weighted by Crippen LogP contribution is 2.26. The average molecular weight is 446 g/mol. The van der Waals surface area contributed by atoms with Gasteiger partial charge in [-0.2, -0.15) is 5.10 Å². The second kappa shape index (κ2) is 8.46. The van der Waals surface area contributed by atoms with Crippen LogP contribution in [0.1, 0.15) is 5.56 Å². The molecule has 1 heterocycles. The van der Waals surface area contributed by atoms with Gasteiger partial charge in [-0.1, -0.05) is 52.5 Å². The molecule has 0 aliphatic rings. The van der Waals surface area contributed by atoms with E-state index < -0.39 is 0 Å². The number of benzene rings is 2. The number of hydrogen-bond donors (Lipinski definition) is 2. The first-order valence-corrected chi connectivity index (χ1v) is 9.34. The van der Waals surface area contributed by atoms with Crippen LogP contribution in [0, 0.1) is 0 Å². The van der Waals surface area contributed by atoms with E-state index in [1.54, 1.807) is 47.1 Å². The van der Waals surface area contributed by atoms with E-state index in [4.69, 9.17) is 58.6 Å². The fourth-order valence-electron chi connectivity index (χ4n) is 2.21.